The van der Waals surface area contributed by atoms with Crippen LogP contribution in [0.25, 0.3) is 5.65 Å². The van der Waals surface area contributed by atoms with Gasteiger partial charge < -0.3 is 9.84 Å². The Morgan fingerprint density at radius 2 is 2.27 bits per heavy atom. The molecule has 112 valence electrons. The summed E-state index contributed by atoms with van der Waals surface area (Å²) in [6.45, 7) is 0.472. The number of hydrogen-bond donors (Lipinski definition) is 1. The van der Waals surface area contributed by atoms with E-state index >= 15 is 0 Å². The molecule has 1 fully saturated rings. The summed E-state index contributed by atoms with van der Waals surface area (Å²) in [7, 11) is 0. The predicted octanol–water partition coefficient (Wildman–Crippen LogP) is 1.57. The summed E-state index contributed by atoms with van der Waals surface area (Å²) in [4.78, 5) is 12.0. The Morgan fingerprint density at radius 1 is 1.36 bits per heavy atom. The van der Waals surface area contributed by atoms with E-state index in [0.717, 1.165) is 30.1 Å². The van der Waals surface area contributed by atoms with Gasteiger partial charge in [-0.2, -0.15) is 0 Å². The highest BCUT2D eigenvalue weighted by atomic mass is 16.5. The van der Waals surface area contributed by atoms with Crippen LogP contribution >= 0.6 is 0 Å². The highest BCUT2D eigenvalue weighted by Gasteiger charge is 2.28. The first-order chi connectivity index (χ1) is 10.8. The van der Waals surface area contributed by atoms with E-state index in [4.69, 9.17) is 4.52 Å². The van der Waals surface area contributed by atoms with E-state index in [2.05, 4.69) is 20.7 Å². The Morgan fingerprint density at radius 3 is 3.14 bits per heavy atom. The minimum Gasteiger partial charge on any atom is -0.360 e. The molecule has 0 aliphatic heterocycles. The van der Waals surface area contributed by atoms with Gasteiger partial charge in [-0.25, -0.2) is 0 Å². The largest absolute Gasteiger partial charge is 0.360 e. The monoisotopic (exact) mass is 297 g/mol. The van der Waals surface area contributed by atoms with Gasteiger partial charge in [0.2, 0.25) is 0 Å². The number of hydrogen-bond acceptors (Lipinski definition) is 5. The molecule has 4 rings (SSSR count). The second-order valence-corrected chi connectivity index (χ2v) is 5.44. The molecule has 22 heavy (non-hydrogen) atoms. The summed E-state index contributed by atoms with van der Waals surface area (Å²) in [5, 5.41) is 14.9. The Kier molecular flexibility index (Phi) is 3.10. The number of carbonyl (C=O) groups excluding carboxylic acids is 1. The number of nitrogens with one attached hydrogen (secondary N) is 1. The van der Waals surface area contributed by atoms with Crippen LogP contribution in [0.5, 0.6) is 0 Å². The maximum Gasteiger partial charge on any atom is 0.273 e. The Labute approximate surface area is 126 Å². The molecule has 1 amide bonds. The lowest BCUT2D eigenvalue weighted by molar-refractivity contribution is 0.0945. The smallest absolute Gasteiger partial charge is 0.273 e. The molecule has 7 heteroatoms. The molecule has 1 aliphatic carbocycles. The van der Waals surface area contributed by atoms with Crippen LogP contribution in [0.2, 0.25) is 0 Å². The van der Waals surface area contributed by atoms with Crippen molar-refractivity contribution in [3.05, 3.63) is 47.7 Å². The van der Waals surface area contributed by atoms with Crippen molar-refractivity contribution in [2.45, 2.75) is 25.2 Å². The number of pyridine rings is 1. The van der Waals surface area contributed by atoms with Crippen molar-refractivity contribution in [3.63, 3.8) is 0 Å². The average molecular weight is 297 g/mol. The molecular formula is C15H15N5O2. The predicted molar refractivity (Wildman–Crippen MR) is 77.5 cm³/mol. The maximum atomic E-state index is 12.0. The summed E-state index contributed by atoms with van der Waals surface area (Å²) >= 11 is 0. The maximum absolute atomic E-state index is 12.0. The van der Waals surface area contributed by atoms with Crippen LogP contribution in [0.3, 0.4) is 0 Å². The minimum absolute atomic E-state index is 0.218. The van der Waals surface area contributed by atoms with Crippen LogP contribution < -0.4 is 5.32 Å². The first-order valence-corrected chi connectivity index (χ1v) is 7.35. The topological polar surface area (TPSA) is 85.3 Å². The summed E-state index contributed by atoms with van der Waals surface area (Å²) in [5.74, 6) is 1.87. The summed E-state index contributed by atoms with van der Waals surface area (Å²) in [6, 6.07) is 7.47. The van der Waals surface area contributed by atoms with Crippen molar-refractivity contribution >= 4 is 11.6 Å². The quantitative estimate of drug-likeness (QED) is 0.772. The van der Waals surface area contributed by atoms with Crippen LogP contribution in [-0.2, 0) is 6.42 Å². The van der Waals surface area contributed by atoms with Gasteiger partial charge >= 0.3 is 0 Å². The van der Waals surface area contributed by atoms with Gasteiger partial charge in [0.05, 0.1) is 0 Å². The zero-order chi connectivity index (χ0) is 14.9. The van der Waals surface area contributed by atoms with Crippen molar-refractivity contribution in [1.82, 2.24) is 25.1 Å². The number of nitrogens with zero attached hydrogens (tertiary/aromatic N) is 4. The Bertz CT molecular complexity index is 818. The second-order valence-electron chi connectivity index (χ2n) is 5.44. The molecular weight excluding hydrogens is 282 g/mol. The van der Waals surface area contributed by atoms with Crippen LogP contribution in [0, 0.1) is 0 Å². The van der Waals surface area contributed by atoms with Gasteiger partial charge in [0.1, 0.15) is 11.6 Å². The third kappa shape index (κ3) is 2.45. The fourth-order valence-electron chi connectivity index (χ4n) is 2.40. The zero-order valence-electron chi connectivity index (χ0n) is 11.9. The van der Waals surface area contributed by atoms with E-state index in [1.165, 1.54) is 0 Å². The first kappa shape index (κ1) is 13.0. The molecule has 7 nitrogen and oxygen atoms in total. The van der Waals surface area contributed by atoms with Crippen molar-refractivity contribution in [3.8, 4) is 0 Å². The number of rotatable bonds is 5. The molecule has 3 aromatic heterocycles. The Hall–Kier alpha value is -2.70. The van der Waals surface area contributed by atoms with Crippen molar-refractivity contribution < 1.29 is 9.32 Å². The summed E-state index contributed by atoms with van der Waals surface area (Å²) in [6.07, 6.45) is 4.75. The fourth-order valence-corrected chi connectivity index (χ4v) is 2.40. The molecule has 1 aliphatic rings. The Balaban J connectivity index is 1.36. The molecule has 0 bridgehead atoms. The molecule has 0 saturated heterocycles. The van der Waals surface area contributed by atoms with Gasteiger partial charge in [0, 0.05) is 31.1 Å². The van der Waals surface area contributed by atoms with Gasteiger partial charge in [-0.15, -0.1) is 10.2 Å². The number of fused-ring (bicyclic) bond motifs is 1. The van der Waals surface area contributed by atoms with Crippen molar-refractivity contribution in [1.29, 1.82) is 0 Å². The van der Waals surface area contributed by atoms with Gasteiger partial charge in [0.25, 0.3) is 5.91 Å². The molecule has 3 heterocycles. The molecule has 0 spiro atoms. The second kappa shape index (κ2) is 5.25. The summed E-state index contributed by atoms with van der Waals surface area (Å²) < 4.78 is 7.09. The van der Waals surface area contributed by atoms with Gasteiger partial charge in [-0.3, -0.25) is 9.20 Å². The molecule has 3 aromatic rings. The third-order valence-corrected chi connectivity index (χ3v) is 3.76. The van der Waals surface area contributed by atoms with Gasteiger partial charge in [0.15, 0.2) is 11.3 Å². The first-order valence-electron chi connectivity index (χ1n) is 7.35. The van der Waals surface area contributed by atoms with Gasteiger partial charge in [-0.05, 0) is 25.0 Å². The highest BCUT2D eigenvalue weighted by molar-refractivity contribution is 5.92. The molecule has 1 saturated carbocycles. The number of carbonyl (C=O) groups is 1. The van der Waals surface area contributed by atoms with E-state index in [-0.39, 0.29) is 5.91 Å². The lowest BCUT2D eigenvalue weighted by Crippen LogP contribution is -2.26. The fraction of sp³-hybridized carbons (Fsp3) is 0.333. The van der Waals surface area contributed by atoms with Crippen LogP contribution in [-0.4, -0.2) is 32.2 Å². The summed E-state index contributed by atoms with van der Waals surface area (Å²) in [5.41, 5.74) is 1.14. The minimum atomic E-state index is -0.218. The zero-order valence-corrected chi connectivity index (χ0v) is 11.9. The van der Waals surface area contributed by atoms with E-state index in [1.807, 2.05) is 28.8 Å². The highest BCUT2D eigenvalue weighted by Crippen LogP contribution is 2.40. The molecule has 1 N–H and O–H groups in total. The lowest BCUT2D eigenvalue weighted by Gasteiger charge is -2.01. The normalized spacial score (nSPS) is 14.4. The van der Waals surface area contributed by atoms with E-state index in [9.17, 15) is 4.79 Å². The van der Waals surface area contributed by atoms with Crippen LogP contribution in [0.4, 0.5) is 0 Å². The van der Waals surface area contributed by atoms with E-state index < -0.39 is 0 Å². The van der Waals surface area contributed by atoms with E-state index in [1.54, 1.807) is 6.07 Å². The third-order valence-electron chi connectivity index (χ3n) is 3.76. The standard InChI is InChI=1S/C15H15N5O2/c21-15(11-9-12(22-19-11)10-4-5-10)16-7-6-14-18-17-13-3-1-2-8-20(13)14/h1-3,8-10H,4-7H2,(H,16,21). The molecule has 0 unspecified atom stereocenters. The number of aromatic nitrogens is 4. The average Bonchev–Trinajstić information content (AvgIpc) is 3.13. The molecule has 0 aromatic carbocycles. The van der Waals surface area contributed by atoms with Crippen molar-refractivity contribution in [2.24, 2.45) is 0 Å². The van der Waals surface area contributed by atoms with Crippen molar-refractivity contribution in [2.75, 3.05) is 6.54 Å². The van der Waals surface area contributed by atoms with Crippen LogP contribution in [0.15, 0.2) is 35.0 Å². The SMILES string of the molecule is O=C(NCCc1nnc2ccccn12)c1cc(C2CC2)on1. The number of amides is 1. The van der Waals surface area contributed by atoms with E-state index in [0.29, 0.717) is 24.6 Å². The van der Waals surface area contributed by atoms with Crippen LogP contribution in [0.1, 0.15) is 40.8 Å². The van der Waals surface area contributed by atoms with Gasteiger partial charge in [-0.1, -0.05) is 11.2 Å². The lowest BCUT2D eigenvalue weighted by atomic mass is 10.2. The molecule has 0 atom stereocenters. The molecule has 0 radical (unpaired) electrons.